The van der Waals surface area contributed by atoms with Crippen LogP contribution in [0.1, 0.15) is 10.5 Å². The van der Waals surface area contributed by atoms with Crippen molar-refractivity contribution in [2.24, 2.45) is 0 Å². The first kappa shape index (κ1) is 10.3. The maximum absolute atomic E-state index is 11.2. The second-order valence-corrected chi connectivity index (χ2v) is 3.40. The zero-order valence-corrected chi connectivity index (χ0v) is 8.90. The summed E-state index contributed by atoms with van der Waals surface area (Å²) in [5, 5.41) is 0.271. The largest absolute Gasteiger partial charge is 0.463 e. The van der Waals surface area contributed by atoms with Crippen LogP contribution in [0.25, 0.3) is 0 Å². The Labute approximate surface area is 87.3 Å². The third-order valence-corrected chi connectivity index (χ3v) is 2.49. The molecule has 0 amide bonds. The van der Waals surface area contributed by atoms with Crippen LogP contribution in [0.3, 0.4) is 0 Å². The van der Waals surface area contributed by atoms with Crippen molar-refractivity contribution in [2.45, 2.75) is 0 Å². The minimum atomic E-state index is -0.926. The van der Waals surface area contributed by atoms with Crippen LogP contribution in [0.5, 0.6) is 0 Å². The zero-order chi connectivity index (χ0) is 10.0. The summed E-state index contributed by atoms with van der Waals surface area (Å²) in [4.78, 5) is 24.5. The van der Waals surface area contributed by atoms with Crippen LogP contribution in [0, 0.1) is 0 Å². The van der Waals surface area contributed by atoms with Gasteiger partial charge in [-0.15, -0.1) is 0 Å². The van der Waals surface area contributed by atoms with E-state index in [2.05, 4.69) is 25.7 Å². The summed E-state index contributed by atoms with van der Waals surface area (Å²) in [6.45, 7) is 0. The predicted molar refractivity (Wildman–Crippen MR) is 49.8 cm³/mol. The van der Waals surface area contributed by atoms with Crippen molar-refractivity contribution >= 4 is 39.3 Å². The first-order valence-corrected chi connectivity index (χ1v) is 4.40. The topological polar surface area (TPSA) is 59.2 Å². The molecule has 0 aliphatic heterocycles. The molecule has 0 saturated carbocycles. The molecule has 4 nitrogen and oxygen atoms in total. The molecule has 0 spiro atoms. The molecule has 0 bridgehead atoms. The van der Waals surface area contributed by atoms with Gasteiger partial charge in [0.1, 0.15) is 5.15 Å². The van der Waals surface area contributed by atoms with Gasteiger partial charge in [-0.2, -0.15) is 0 Å². The first-order valence-electron chi connectivity index (χ1n) is 3.23. The van der Waals surface area contributed by atoms with E-state index in [1.807, 2.05) is 0 Å². The van der Waals surface area contributed by atoms with Crippen LogP contribution >= 0.6 is 27.5 Å². The summed E-state index contributed by atoms with van der Waals surface area (Å²) >= 11 is 8.70. The fraction of sp³-hybridized carbons (Fsp3) is 0.143. The van der Waals surface area contributed by atoms with E-state index in [4.69, 9.17) is 11.6 Å². The summed E-state index contributed by atoms with van der Waals surface area (Å²) in [5.74, 6) is -1.68. The molecule has 1 heterocycles. The Bertz CT molecular complexity index is 341. The molecule has 0 fully saturated rings. The maximum atomic E-state index is 11.2. The Kier molecular flexibility index (Phi) is 3.11. The number of methoxy groups -OCH3 is 1. The molecule has 1 aromatic heterocycles. The second kappa shape index (κ2) is 3.93. The molecule has 0 aliphatic rings. The molecule has 0 unspecified atom stereocenters. The predicted octanol–water partition coefficient (Wildman–Crippen LogP) is 1.79. The molecule has 13 heavy (non-hydrogen) atoms. The number of ether oxygens (including phenoxy) is 1. The number of hydrogen-bond acceptors (Lipinski definition) is 3. The fourth-order valence-electron chi connectivity index (χ4n) is 0.729. The molecule has 0 aliphatic carbocycles. The summed E-state index contributed by atoms with van der Waals surface area (Å²) in [6, 6.07) is 1.42. The van der Waals surface area contributed by atoms with Crippen LogP contribution in [0.4, 0.5) is 0 Å². The van der Waals surface area contributed by atoms with Gasteiger partial charge < -0.3 is 9.72 Å². The Morgan fingerprint density at radius 2 is 2.23 bits per heavy atom. The highest BCUT2D eigenvalue weighted by atomic mass is 79.9. The lowest BCUT2D eigenvalue weighted by Gasteiger charge is -1.93. The Morgan fingerprint density at radius 1 is 1.62 bits per heavy atom. The van der Waals surface area contributed by atoms with Crippen molar-refractivity contribution in [1.29, 1.82) is 0 Å². The number of aromatic amines is 1. The van der Waals surface area contributed by atoms with Gasteiger partial charge in [0.05, 0.1) is 17.3 Å². The van der Waals surface area contributed by atoms with E-state index >= 15 is 0 Å². The van der Waals surface area contributed by atoms with Crippen molar-refractivity contribution in [2.75, 3.05) is 7.11 Å². The molecule has 70 valence electrons. The smallest absolute Gasteiger partial charge is 0.380 e. The van der Waals surface area contributed by atoms with Crippen LogP contribution in [0.2, 0.25) is 5.15 Å². The summed E-state index contributed by atoms with van der Waals surface area (Å²) in [7, 11) is 1.14. The molecule has 1 aromatic rings. The molecule has 0 atom stereocenters. The Morgan fingerprint density at radius 3 is 2.62 bits per heavy atom. The summed E-state index contributed by atoms with van der Waals surface area (Å²) < 4.78 is 4.78. The van der Waals surface area contributed by atoms with Crippen molar-refractivity contribution in [3.05, 3.63) is 21.4 Å². The molecular weight excluding hydrogens is 261 g/mol. The Hall–Kier alpha value is -0.810. The van der Waals surface area contributed by atoms with Crippen LogP contribution in [-0.4, -0.2) is 23.8 Å². The monoisotopic (exact) mass is 265 g/mol. The van der Waals surface area contributed by atoms with Crippen molar-refractivity contribution in [3.8, 4) is 0 Å². The van der Waals surface area contributed by atoms with Gasteiger partial charge in [0.15, 0.2) is 0 Å². The van der Waals surface area contributed by atoms with E-state index in [9.17, 15) is 9.59 Å². The second-order valence-electron chi connectivity index (χ2n) is 2.17. The number of halogens is 2. The maximum Gasteiger partial charge on any atom is 0.380 e. The number of rotatable bonds is 2. The lowest BCUT2D eigenvalue weighted by Crippen LogP contribution is -2.15. The standard InChI is InChI=1S/C7H5BrClNO3/c1-13-7(12)5(11)4-2-3(8)6(9)10-4/h2,10H,1H3. The fourth-order valence-corrected chi connectivity index (χ4v) is 1.21. The SMILES string of the molecule is COC(=O)C(=O)c1cc(Br)c(Cl)[nH]1. The molecule has 6 heteroatoms. The van der Waals surface area contributed by atoms with Gasteiger partial charge in [-0.3, -0.25) is 4.79 Å². The third kappa shape index (κ3) is 2.10. The highest BCUT2D eigenvalue weighted by Gasteiger charge is 2.19. The molecular formula is C7H5BrClNO3. The molecule has 1 N–H and O–H groups in total. The number of H-pyrrole nitrogens is 1. The van der Waals surface area contributed by atoms with Crippen molar-refractivity contribution in [3.63, 3.8) is 0 Å². The molecule has 0 radical (unpaired) electrons. The van der Waals surface area contributed by atoms with Gasteiger partial charge in [0, 0.05) is 0 Å². The first-order chi connectivity index (χ1) is 6.06. The quantitative estimate of drug-likeness (QED) is 0.504. The Balaban J connectivity index is 2.96. The average Bonchev–Trinajstić information content (AvgIpc) is 2.44. The number of ketones is 1. The lowest BCUT2D eigenvalue weighted by molar-refractivity contribution is -0.135. The number of hydrogen-bond donors (Lipinski definition) is 1. The molecule has 0 saturated heterocycles. The van der Waals surface area contributed by atoms with E-state index in [1.165, 1.54) is 6.07 Å². The minimum Gasteiger partial charge on any atom is -0.463 e. The van der Waals surface area contributed by atoms with E-state index in [0.717, 1.165) is 7.11 Å². The van der Waals surface area contributed by atoms with Gasteiger partial charge in [0.2, 0.25) is 0 Å². The van der Waals surface area contributed by atoms with Gasteiger partial charge in [-0.1, -0.05) is 11.6 Å². The number of Topliss-reactive ketones (excluding diaryl/α,β-unsaturated/α-hetero) is 1. The summed E-state index contributed by atoms with van der Waals surface area (Å²) in [5.41, 5.74) is 0.101. The number of carbonyl (C=O) groups is 2. The number of nitrogens with one attached hydrogen (secondary N) is 1. The average molecular weight is 266 g/mol. The highest BCUT2D eigenvalue weighted by molar-refractivity contribution is 9.10. The van der Waals surface area contributed by atoms with Gasteiger partial charge in [0.25, 0.3) is 5.78 Å². The van der Waals surface area contributed by atoms with Crippen LogP contribution < -0.4 is 0 Å². The van der Waals surface area contributed by atoms with E-state index in [-0.39, 0.29) is 10.8 Å². The lowest BCUT2D eigenvalue weighted by atomic mass is 10.3. The van der Waals surface area contributed by atoms with Gasteiger partial charge in [-0.05, 0) is 22.0 Å². The van der Waals surface area contributed by atoms with E-state index < -0.39 is 11.8 Å². The molecule has 0 aromatic carbocycles. The zero-order valence-electron chi connectivity index (χ0n) is 6.56. The normalized spacial score (nSPS) is 9.77. The van der Waals surface area contributed by atoms with Crippen LogP contribution in [-0.2, 0) is 9.53 Å². The van der Waals surface area contributed by atoms with Crippen molar-refractivity contribution in [1.82, 2.24) is 4.98 Å². The van der Waals surface area contributed by atoms with E-state index in [0.29, 0.717) is 4.47 Å². The minimum absolute atomic E-state index is 0.101. The number of aromatic nitrogens is 1. The van der Waals surface area contributed by atoms with Gasteiger partial charge >= 0.3 is 5.97 Å². The molecule has 1 rings (SSSR count). The van der Waals surface area contributed by atoms with Gasteiger partial charge in [-0.25, -0.2) is 4.79 Å². The van der Waals surface area contributed by atoms with E-state index in [1.54, 1.807) is 0 Å². The highest BCUT2D eigenvalue weighted by Crippen LogP contribution is 2.22. The summed E-state index contributed by atoms with van der Waals surface area (Å²) in [6.07, 6.45) is 0. The van der Waals surface area contributed by atoms with Crippen LogP contribution in [0.15, 0.2) is 10.5 Å². The number of esters is 1. The number of carbonyl (C=O) groups excluding carboxylic acids is 2. The van der Waals surface area contributed by atoms with Crippen molar-refractivity contribution < 1.29 is 14.3 Å². The third-order valence-electron chi connectivity index (χ3n) is 1.34.